The molecule has 1 amide bonds. The van der Waals surface area contributed by atoms with Gasteiger partial charge in [0.25, 0.3) is 0 Å². The molecule has 2 rings (SSSR count). The fraction of sp³-hybridized carbons (Fsp3) is 0.188. The van der Waals surface area contributed by atoms with Gasteiger partial charge in [-0.1, -0.05) is 23.7 Å². The van der Waals surface area contributed by atoms with E-state index in [9.17, 15) is 13.2 Å². The van der Waals surface area contributed by atoms with Crippen LogP contribution in [0.25, 0.3) is 0 Å². The molecule has 0 aliphatic rings. The molecule has 24 heavy (non-hydrogen) atoms. The van der Waals surface area contributed by atoms with Crippen molar-refractivity contribution >= 4 is 33.2 Å². The van der Waals surface area contributed by atoms with E-state index in [1.165, 1.54) is 25.1 Å². The van der Waals surface area contributed by atoms with Crippen molar-refractivity contribution in [3.63, 3.8) is 0 Å². The second-order valence-corrected chi connectivity index (χ2v) is 7.17. The Hall–Kier alpha value is -2.09. The third kappa shape index (κ3) is 4.70. The molecule has 2 aromatic carbocycles. The van der Waals surface area contributed by atoms with Crippen molar-refractivity contribution in [2.24, 2.45) is 0 Å². The normalized spacial score (nSPS) is 11.1. The predicted molar refractivity (Wildman–Crippen MR) is 92.8 cm³/mol. The van der Waals surface area contributed by atoms with Gasteiger partial charge in [-0.15, -0.1) is 0 Å². The first kappa shape index (κ1) is 18.3. The number of ether oxygens (including phenoxy) is 1. The van der Waals surface area contributed by atoms with Gasteiger partial charge in [0.2, 0.25) is 15.9 Å². The van der Waals surface area contributed by atoms with Gasteiger partial charge in [-0.2, -0.15) is 0 Å². The van der Waals surface area contributed by atoms with Gasteiger partial charge in [-0.25, -0.2) is 13.1 Å². The van der Waals surface area contributed by atoms with Crippen LogP contribution in [0.5, 0.6) is 5.75 Å². The van der Waals surface area contributed by atoms with Crippen LogP contribution in [0.1, 0.15) is 12.5 Å². The average Bonchev–Trinajstić information content (AvgIpc) is 2.54. The number of amides is 1. The zero-order valence-corrected chi connectivity index (χ0v) is 14.7. The number of carbonyl (C=O) groups is 1. The molecule has 0 saturated carbocycles. The number of nitrogens with one attached hydrogen (secondary N) is 2. The lowest BCUT2D eigenvalue weighted by Crippen LogP contribution is -2.23. The van der Waals surface area contributed by atoms with Gasteiger partial charge in [-0.3, -0.25) is 4.79 Å². The lowest BCUT2D eigenvalue weighted by atomic mass is 10.2. The van der Waals surface area contributed by atoms with E-state index in [0.29, 0.717) is 11.4 Å². The summed E-state index contributed by atoms with van der Waals surface area (Å²) in [7, 11) is -2.19. The highest BCUT2D eigenvalue weighted by Gasteiger charge is 2.16. The van der Waals surface area contributed by atoms with E-state index in [1.807, 2.05) is 0 Å². The molecule has 0 spiro atoms. The summed E-state index contributed by atoms with van der Waals surface area (Å²) >= 11 is 6.01. The van der Waals surface area contributed by atoms with E-state index < -0.39 is 10.0 Å². The highest BCUT2D eigenvalue weighted by atomic mass is 35.5. The molecule has 0 radical (unpaired) electrons. The molecule has 0 fully saturated rings. The van der Waals surface area contributed by atoms with Crippen LogP contribution in [-0.2, 0) is 21.4 Å². The molecule has 0 saturated heterocycles. The maximum Gasteiger partial charge on any atom is 0.240 e. The van der Waals surface area contributed by atoms with Gasteiger partial charge in [0.1, 0.15) is 5.75 Å². The molecule has 0 atom stereocenters. The van der Waals surface area contributed by atoms with Crippen LogP contribution >= 0.6 is 11.6 Å². The highest BCUT2D eigenvalue weighted by Crippen LogP contribution is 2.25. The molecular weight excluding hydrogens is 352 g/mol. The summed E-state index contributed by atoms with van der Waals surface area (Å²) in [6.07, 6.45) is 0. The Morgan fingerprint density at radius 3 is 2.58 bits per heavy atom. The third-order valence-corrected chi connectivity index (χ3v) is 4.87. The summed E-state index contributed by atoms with van der Waals surface area (Å²) in [5.74, 6) is 0.359. The van der Waals surface area contributed by atoms with Crippen LogP contribution < -0.4 is 14.8 Å². The molecule has 6 nitrogen and oxygen atoms in total. The number of methoxy groups -OCH3 is 1. The largest absolute Gasteiger partial charge is 0.497 e. The number of carbonyl (C=O) groups excluding carboxylic acids is 1. The Morgan fingerprint density at radius 1 is 1.21 bits per heavy atom. The molecule has 0 aromatic heterocycles. The molecule has 0 aliphatic heterocycles. The molecular formula is C16H17ClN2O4S. The van der Waals surface area contributed by atoms with Crippen molar-refractivity contribution in [1.29, 1.82) is 0 Å². The quantitative estimate of drug-likeness (QED) is 0.821. The lowest BCUT2D eigenvalue weighted by molar-refractivity contribution is -0.114. The van der Waals surface area contributed by atoms with Gasteiger partial charge < -0.3 is 10.1 Å². The minimum Gasteiger partial charge on any atom is -0.497 e. The summed E-state index contributed by atoms with van der Waals surface area (Å²) in [5.41, 5.74) is 1.12. The zero-order chi connectivity index (χ0) is 17.7. The highest BCUT2D eigenvalue weighted by molar-refractivity contribution is 7.89. The molecule has 0 aliphatic carbocycles. The fourth-order valence-electron chi connectivity index (χ4n) is 2.00. The SMILES string of the molecule is COc1cccc(CNS(=O)(=O)c2ccc(NC(C)=O)c(Cl)c2)c1. The molecule has 0 unspecified atom stereocenters. The van der Waals surface area contributed by atoms with Crippen LogP contribution in [-0.4, -0.2) is 21.4 Å². The van der Waals surface area contributed by atoms with E-state index in [1.54, 1.807) is 31.4 Å². The monoisotopic (exact) mass is 368 g/mol. The van der Waals surface area contributed by atoms with Crippen LogP contribution in [0.4, 0.5) is 5.69 Å². The zero-order valence-electron chi connectivity index (χ0n) is 13.2. The van der Waals surface area contributed by atoms with Crippen molar-refractivity contribution < 1.29 is 17.9 Å². The van der Waals surface area contributed by atoms with Crippen LogP contribution in [0, 0.1) is 0 Å². The summed E-state index contributed by atoms with van der Waals surface area (Å²) in [4.78, 5) is 11.1. The smallest absolute Gasteiger partial charge is 0.240 e. The second kappa shape index (κ2) is 7.65. The predicted octanol–water partition coefficient (Wildman–Crippen LogP) is 2.79. The number of hydrogen-bond acceptors (Lipinski definition) is 4. The van der Waals surface area contributed by atoms with E-state index in [0.717, 1.165) is 5.56 Å². The van der Waals surface area contributed by atoms with Gasteiger partial charge in [0.05, 0.1) is 22.7 Å². The Balaban J connectivity index is 2.15. The lowest BCUT2D eigenvalue weighted by Gasteiger charge is -2.10. The number of rotatable bonds is 6. The number of anilines is 1. The molecule has 2 N–H and O–H groups in total. The minimum atomic E-state index is -3.73. The maximum atomic E-state index is 12.4. The molecule has 2 aromatic rings. The van der Waals surface area contributed by atoms with Gasteiger partial charge in [0.15, 0.2) is 0 Å². The van der Waals surface area contributed by atoms with E-state index in [4.69, 9.17) is 16.3 Å². The maximum absolute atomic E-state index is 12.4. The Bertz CT molecular complexity index is 853. The average molecular weight is 369 g/mol. The van der Waals surface area contributed by atoms with Crippen LogP contribution in [0.3, 0.4) is 0 Å². The minimum absolute atomic E-state index is 0.0181. The molecule has 8 heteroatoms. The van der Waals surface area contributed by atoms with E-state index in [2.05, 4.69) is 10.0 Å². The molecule has 0 bridgehead atoms. The summed E-state index contributed by atoms with van der Waals surface area (Å²) < 4.78 is 32.3. The number of benzene rings is 2. The Morgan fingerprint density at radius 2 is 1.96 bits per heavy atom. The molecule has 128 valence electrons. The van der Waals surface area contributed by atoms with Crippen molar-refractivity contribution in [1.82, 2.24) is 4.72 Å². The van der Waals surface area contributed by atoms with Crippen molar-refractivity contribution in [3.05, 3.63) is 53.1 Å². The van der Waals surface area contributed by atoms with Gasteiger partial charge in [-0.05, 0) is 35.9 Å². The second-order valence-electron chi connectivity index (χ2n) is 5.00. The van der Waals surface area contributed by atoms with Crippen LogP contribution in [0.2, 0.25) is 5.02 Å². The van der Waals surface area contributed by atoms with Gasteiger partial charge >= 0.3 is 0 Å². The summed E-state index contributed by atoms with van der Waals surface area (Å²) in [6, 6.07) is 11.2. The molecule has 0 heterocycles. The number of sulfonamides is 1. The first-order chi connectivity index (χ1) is 11.3. The standard InChI is InChI=1S/C16H17ClN2O4S/c1-11(20)19-16-7-6-14(9-15(16)17)24(21,22)18-10-12-4-3-5-13(8-12)23-2/h3-9,18H,10H2,1-2H3,(H,19,20). The summed E-state index contributed by atoms with van der Waals surface area (Å²) in [6.45, 7) is 1.46. The van der Waals surface area contributed by atoms with E-state index >= 15 is 0 Å². The van der Waals surface area contributed by atoms with Crippen LogP contribution in [0.15, 0.2) is 47.4 Å². The Kier molecular flexibility index (Phi) is 5.82. The van der Waals surface area contributed by atoms with Gasteiger partial charge in [0, 0.05) is 13.5 Å². The first-order valence-electron chi connectivity index (χ1n) is 7.01. The third-order valence-electron chi connectivity index (χ3n) is 3.16. The Labute approximate surface area is 145 Å². The number of hydrogen-bond donors (Lipinski definition) is 2. The van der Waals surface area contributed by atoms with E-state index in [-0.39, 0.29) is 22.4 Å². The van der Waals surface area contributed by atoms with Crippen molar-refractivity contribution in [2.45, 2.75) is 18.4 Å². The summed E-state index contributed by atoms with van der Waals surface area (Å²) in [5, 5.41) is 2.67. The first-order valence-corrected chi connectivity index (χ1v) is 8.87. The van der Waals surface area contributed by atoms with Crippen molar-refractivity contribution in [2.75, 3.05) is 12.4 Å². The van der Waals surface area contributed by atoms with Crippen molar-refractivity contribution in [3.8, 4) is 5.75 Å². The topological polar surface area (TPSA) is 84.5 Å². The number of halogens is 1. The fourth-order valence-corrected chi connectivity index (χ4v) is 3.33.